The lowest BCUT2D eigenvalue weighted by Gasteiger charge is -2.36. The van der Waals surface area contributed by atoms with Crippen LogP contribution in [0.4, 0.5) is 21.9 Å². The second-order valence-electron chi connectivity index (χ2n) is 6.70. The van der Waals surface area contributed by atoms with Gasteiger partial charge in [0.1, 0.15) is 0 Å². The minimum Gasteiger partial charge on any atom is -0.454 e. The predicted molar refractivity (Wildman–Crippen MR) is 106 cm³/mol. The number of piperazine rings is 1. The quantitative estimate of drug-likeness (QED) is 0.853. The van der Waals surface area contributed by atoms with Gasteiger partial charge in [-0.1, -0.05) is 0 Å². The molecule has 2 aliphatic heterocycles. The van der Waals surface area contributed by atoms with Gasteiger partial charge in [-0.3, -0.25) is 4.79 Å². The number of urea groups is 1. The summed E-state index contributed by atoms with van der Waals surface area (Å²) >= 11 is 0. The summed E-state index contributed by atoms with van der Waals surface area (Å²) in [5.41, 5.74) is 2.46. The van der Waals surface area contributed by atoms with Gasteiger partial charge in [0.05, 0.1) is 0 Å². The molecule has 8 heteroatoms. The zero-order valence-electron chi connectivity index (χ0n) is 15.6. The van der Waals surface area contributed by atoms with Crippen molar-refractivity contribution in [3.05, 3.63) is 42.5 Å². The van der Waals surface area contributed by atoms with Gasteiger partial charge in [0.15, 0.2) is 11.5 Å². The van der Waals surface area contributed by atoms with Crippen molar-refractivity contribution in [3.63, 3.8) is 0 Å². The van der Waals surface area contributed by atoms with Crippen molar-refractivity contribution in [3.8, 4) is 11.5 Å². The number of rotatable bonds is 3. The van der Waals surface area contributed by atoms with E-state index in [0.29, 0.717) is 24.5 Å². The Morgan fingerprint density at radius 1 is 0.857 bits per heavy atom. The van der Waals surface area contributed by atoms with Crippen LogP contribution in [0.15, 0.2) is 42.5 Å². The molecule has 0 saturated carbocycles. The first kappa shape index (κ1) is 18.0. The third-order valence-electron chi connectivity index (χ3n) is 4.74. The topological polar surface area (TPSA) is 83.1 Å². The number of carbonyl (C=O) groups is 2. The molecular weight excluding hydrogens is 360 g/mol. The minimum atomic E-state index is -0.128. The second kappa shape index (κ2) is 7.67. The Bertz CT molecular complexity index is 876. The SMILES string of the molecule is CC(=O)Nc1ccc(NC(=O)N2CCN(c3ccc4c(c3)OCO4)CC2)cc1. The summed E-state index contributed by atoms with van der Waals surface area (Å²) in [5, 5.41) is 5.60. The van der Waals surface area contributed by atoms with E-state index in [9.17, 15) is 9.59 Å². The molecule has 4 rings (SSSR count). The number of amides is 3. The number of fused-ring (bicyclic) bond motifs is 1. The molecule has 2 aromatic carbocycles. The molecule has 1 saturated heterocycles. The molecule has 0 unspecified atom stereocenters. The van der Waals surface area contributed by atoms with Gasteiger partial charge >= 0.3 is 6.03 Å². The van der Waals surface area contributed by atoms with Crippen molar-refractivity contribution in [1.29, 1.82) is 0 Å². The van der Waals surface area contributed by atoms with E-state index >= 15 is 0 Å². The predicted octanol–water partition coefficient (Wildman–Crippen LogP) is 2.73. The third kappa shape index (κ3) is 3.95. The molecule has 1 fully saturated rings. The summed E-state index contributed by atoms with van der Waals surface area (Å²) in [6, 6.07) is 12.8. The van der Waals surface area contributed by atoms with Crippen LogP contribution in [0.5, 0.6) is 11.5 Å². The maximum absolute atomic E-state index is 12.5. The van der Waals surface area contributed by atoms with Crippen molar-refractivity contribution < 1.29 is 19.1 Å². The number of hydrogen-bond donors (Lipinski definition) is 2. The zero-order valence-corrected chi connectivity index (χ0v) is 15.6. The molecule has 0 bridgehead atoms. The number of anilines is 3. The Kier molecular flexibility index (Phi) is 4.92. The normalized spacial score (nSPS) is 15.3. The maximum atomic E-state index is 12.5. The molecule has 0 spiro atoms. The number of nitrogens with zero attached hydrogens (tertiary/aromatic N) is 2. The van der Waals surface area contributed by atoms with E-state index < -0.39 is 0 Å². The Labute approximate surface area is 163 Å². The van der Waals surface area contributed by atoms with Crippen LogP contribution < -0.4 is 25.0 Å². The van der Waals surface area contributed by atoms with Crippen LogP contribution in [0.1, 0.15) is 6.92 Å². The fraction of sp³-hybridized carbons (Fsp3) is 0.300. The van der Waals surface area contributed by atoms with Crippen LogP contribution in [0.2, 0.25) is 0 Å². The summed E-state index contributed by atoms with van der Waals surface area (Å²) in [4.78, 5) is 27.6. The van der Waals surface area contributed by atoms with Gasteiger partial charge in [-0.2, -0.15) is 0 Å². The first-order valence-electron chi connectivity index (χ1n) is 9.17. The fourth-order valence-corrected chi connectivity index (χ4v) is 3.29. The number of hydrogen-bond acceptors (Lipinski definition) is 5. The highest BCUT2D eigenvalue weighted by atomic mass is 16.7. The van der Waals surface area contributed by atoms with Crippen molar-refractivity contribution in [1.82, 2.24) is 4.90 Å². The summed E-state index contributed by atoms with van der Waals surface area (Å²) in [5.74, 6) is 1.41. The highest BCUT2D eigenvalue weighted by Gasteiger charge is 2.23. The Hall–Kier alpha value is -3.42. The van der Waals surface area contributed by atoms with E-state index in [-0.39, 0.29) is 18.7 Å². The standard InChI is InChI=1S/C20H22N4O4/c1-14(25)21-15-2-4-16(5-3-15)22-20(26)24-10-8-23(9-11-24)17-6-7-18-19(12-17)28-13-27-18/h2-7,12H,8-11,13H2,1H3,(H,21,25)(H,22,26). The molecular formula is C20H22N4O4. The summed E-state index contributed by atoms with van der Waals surface area (Å²) < 4.78 is 10.8. The van der Waals surface area contributed by atoms with Crippen LogP contribution in [0.25, 0.3) is 0 Å². The molecule has 2 aliphatic rings. The summed E-state index contributed by atoms with van der Waals surface area (Å²) in [6.07, 6.45) is 0. The van der Waals surface area contributed by atoms with Crippen molar-refractivity contribution in [2.75, 3.05) is 48.5 Å². The van der Waals surface area contributed by atoms with Gasteiger partial charge in [0.25, 0.3) is 0 Å². The van der Waals surface area contributed by atoms with E-state index in [0.717, 1.165) is 30.3 Å². The minimum absolute atomic E-state index is 0.127. The number of ether oxygens (including phenoxy) is 2. The summed E-state index contributed by atoms with van der Waals surface area (Å²) in [6.45, 7) is 4.47. The van der Waals surface area contributed by atoms with Crippen molar-refractivity contribution in [2.45, 2.75) is 6.92 Å². The highest BCUT2D eigenvalue weighted by Crippen LogP contribution is 2.35. The first-order chi connectivity index (χ1) is 13.6. The van der Waals surface area contributed by atoms with Crippen LogP contribution in [0.3, 0.4) is 0 Å². The molecule has 0 atom stereocenters. The largest absolute Gasteiger partial charge is 0.454 e. The van der Waals surface area contributed by atoms with E-state index in [2.05, 4.69) is 15.5 Å². The van der Waals surface area contributed by atoms with Gasteiger partial charge in [0.2, 0.25) is 12.7 Å². The van der Waals surface area contributed by atoms with E-state index in [1.54, 1.807) is 29.2 Å². The molecule has 0 aromatic heterocycles. The lowest BCUT2D eigenvalue weighted by atomic mass is 10.2. The molecule has 0 radical (unpaired) electrons. The molecule has 3 amide bonds. The lowest BCUT2D eigenvalue weighted by molar-refractivity contribution is -0.114. The fourth-order valence-electron chi connectivity index (χ4n) is 3.29. The first-order valence-corrected chi connectivity index (χ1v) is 9.17. The number of nitrogens with one attached hydrogen (secondary N) is 2. The van der Waals surface area contributed by atoms with Gasteiger partial charge in [0, 0.05) is 56.2 Å². The van der Waals surface area contributed by atoms with Gasteiger partial charge in [-0.15, -0.1) is 0 Å². The Morgan fingerprint density at radius 2 is 1.50 bits per heavy atom. The molecule has 2 N–H and O–H groups in total. The maximum Gasteiger partial charge on any atom is 0.321 e. The van der Waals surface area contributed by atoms with Crippen LogP contribution >= 0.6 is 0 Å². The van der Waals surface area contributed by atoms with Crippen LogP contribution in [-0.4, -0.2) is 49.8 Å². The van der Waals surface area contributed by atoms with Crippen LogP contribution in [-0.2, 0) is 4.79 Å². The summed E-state index contributed by atoms with van der Waals surface area (Å²) in [7, 11) is 0. The van der Waals surface area contributed by atoms with Crippen molar-refractivity contribution >= 4 is 29.0 Å². The van der Waals surface area contributed by atoms with Gasteiger partial charge in [-0.05, 0) is 36.4 Å². The number of carbonyl (C=O) groups excluding carboxylic acids is 2. The Balaban J connectivity index is 1.31. The number of benzene rings is 2. The second-order valence-corrected chi connectivity index (χ2v) is 6.70. The van der Waals surface area contributed by atoms with E-state index in [1.807, 2.05) is 18.2 Å². The molecule has 28 heavy (non-hydrogen) atoms. The van der Waals surface area contributed by atoms with E-state index in [1.165, 1.54) is 6.92 Å². The molecule has 8 nitrogen and oxygen atoms in total. The average Bonchev–Trinajstić information content (AvgIpc) is 3.17. The van der Waals surface area contributed by atoms with Gasteiger partial charge < -0.3 is 29.9 Å². The molecule has 2 heterocycles. The monoisotopic (exact) mass is 382 g/mol. The van der Waals surface area contributed by atoms with Crippen LogP contribution in [0, 0.1) is 0 Å². The Morgan fingerprint density at radius 3 is 2.18 bits per heavy atom. The highest BCUT2D eigenvalue weighted by molar-refractivity contribution is 5.91. The molecule has 0 aliphatic carbocycles. The molecule has 146 valence electrons. The third-order valence-corrected chi connectivity index (χ3v) is 4.74. The zero-order chi connectivity index (χ0) is 19.5. The lowest BCUT2D eigenvalue weighted by Crippen LogP contribution is -2.50. The van der Waals surface area contributed by atoms with Gasteiger partial charge in [-0.25, -0.2) is 4.79 Å². The average molecular weight is 382 g/mol. The molecule has 2 aromatic rings. The van der Waals surface area contributed by atoms with Crippen molar-refractivity contribution in [2.24, 2.45) is 0 Å². The smallest absolute Gasteiger partial charge is 0.321 e. The van der Waals surface area contributed by atoms with E-state index in [4.69, 9.17) is 9.47 Å².